The number of hydrogen-bond donors (Lipinski definition) is 0. The highest BCUT2D eigenvalue weighted by atomic mass is 32.2. The highest BCUT2D eigenvalue weighted by Crippen LogP contribution is 2.27. The summed E-state index contributed by atoms with van der Waals surface area (Å²) in [5.41, 5.74) is 0.335. The average molecular weight is 405 g/mol. The van der Waals surface area contributed by atoms with Gasteiger partial charge in [-0.25, -0.2) is 12.8 Å². The van der Waals surface area contributed by atoms with Crippen molar-refractivity contribution in [3.63, 3.8) is 0 Å². The number of rotatable bonds is 4. The molecule has 0 aliphatic carbocycles. The molecule has 0 spiro atoms. The van der Waals surface area contributed by atoms with Crippen LogP contribution < -0.4 is 0 Å². The van der Waals surface area contributed by atoms with E-state index in [1.807, 2.05) is 0 Å². The third-order valence-corrected chi connectivity index (χ3v) is 6.66. The van der Waals surface area contributed by atoms with Gasteiger partial charge in [0.15, 0.2) is 0 Å². The van der Waals surface area contributed by atoms with Crippen LogP contribution in [-0.4, -0.2) is 60.7 Å². The Hall–Kier alpha value is -2.69. The van der Waals surface area contributed by atoms with Crippen LogP contribution in [0.3, 0.4) is 0 Å². The number of aromatic nitrogens is 1. The molecule has 4 rings (SSSR count). The molecule has 0 radical (unpaired) electrons. The summed E-state index contributed by atoms with van der Waals surface area (Å²) in [6, 6.07) is 6.32. The van der Waals surface area contributed by atoms with E-state index >= 15 is 0 Å². The van der Waals surface area contributed by atoms with Crippen LogP contribution in [0.2, 0.25) is 0 Å². The Balaban J connectivity index is 1.70. The zero-order valence-corrected chi connectivity index (χ0v) is 15.5. The molecule has 1 aromatic carbocycles. The van der Waals surface area contributed by atoms with Crippen molar-refractivity contribution >= 4 is 21.8 Å². The van der Waals surface area contributed by atoms with Gasteiger partial charge in [0.25, 0.3) is 11.8 Å². The fraction of sp³-hybridized carbons (Fsp3) is 0.278. The number of hydrogen-bond acceptors (Lipinski definition) is 6. The van der Waals surface area contributed by atoms with Gasteiger partial charge < -0.3 is 4.74 Å². The van der Waals surface area contributed by atoms with E-state index in [-0.39, 0.29) is 54.6 Å². The van der Waals surface area contributed by atoms with E-state index in [0.29, 0.717) is 0 Å². The van der Waals surface area contributed by atoms with Crippen LogP contribution in [-0.2, 0) is 21.3 Å². The van der Waals surface area contributed by atoms with Crippen LogP contribution in [0, 0.1) is 5.82 Å². The van der Waals surface area contributed by atoms with Gasteiger partial charge in [-0.3, -0.25) is 19.5 Å². The molecule has 146 valence electrons. The summed E-state index contributed by atoms with van der Waals surface area (Å²) in [6.45, 7) is 0.486. The molecule has 2 amide bonds. The van der Waals surface area contributed by atoms with E-state index in [2.05, 4.69) is 4.98 Å². The van der Waals surface area contributed by atoms with Crippen LogP contribution in [0.15, 0.2) is 41.4 Å². The molecule has 1 fully saturated rings. The second kappa shape index (κ2) is 7.04. The molecule has 8 nitrogen and oxygen atoms in total. The maximum Gasteiger partial charge on any atom is 0.280 e. The summed E-state index contributed by atoms with van der Waals surface area (Å²) in [4.78, 5) is 29.7. The van der Waals surface area contributed by atoms with Gasteiger partial charge in [0.2, 0.25) is 10.0 Å². The maximum atomic E-state index is 13.9. The first-order valence-electron chi connectivity index (χ1n) is 8.57. The van der Waals surface area contributed by atoms with Crippen molar-refractivity contribution in [3.8, 4) is 0 Å². The lowest BCUT2D eigenvalue weighted by molar-refractivity contribution is 0.0638. The lowest BCUT2D eigenvalue weighted by atomic mass is 10.2. The van der Waals surface area contributed by atoms with Crippen molar-refractivity contribution in [2.45, 2.75) is 11.4 Å². The van der Waals surface area contributed by atoms with Gasteiger partial charge in [-0.2, -0.15) is 4.31 Å². The Morgan fingerprint density at radius 3 is 2.57 bits per heavy atom. The third-order valence-electron chi connectivity index (χ3n) is 4.68. The van der Waals surface area contributed by atoms with Gasteiger partial charge in [-0.1, -0.05) is 6.07 Å². The molecule has 0 atom stereocenters. The van der Waals surface area contributed by atoms with Gasteiger partial charge in [0.05, 0.1) is 30.2 Å². The molecule has 2 aliphatic heterocycles. The predicted molar refractivity (Wildman–Crippen MR) is 94.4 cm³/mol. The number of carbonyl (C=O) groups excluding carboxylic acids is 2. The zero-order chi connectivity index (χ0) is 19.9. The van der Waals surface area contributed by atoms with Crippen molar-refractivity contribution < 1.29 is 27.1 Å². The monoisotopic (exact) mass is 405 g/mol. The van der Waals surface area contributed by atoms with Crippen LogP contribution in [0.5, 0.6) is 0 Å². The van der Waals surface area contributed by atoms with Crippen LogP contribution in [0.25, 0.3) is 0 Å². The molecule has 28 heavy (non-hydrogen) atoms. The lowest BCUT2D eigenvalue weighted by Gasteiger charge is -2.27. The number of sulfonamides is 1. The highest BCUT2D eigenvalue weighted by molar-refractivity contribution is 7.89. The summed E-state index contributed by atoms with van der Waals surface area (Å²) in [6.07, 6.45) is 1.40. The molecule has 0 unspecified atom stereocenters. The average Bonchev–Trinajstić information content (AvgIpc) is 2.95. The molecule has 1 aromatic heterocycles. The molecule has 3 heterocycles. The minimum absolute atomic E-state index is 0.0206. The van der Waals surface area contributed by atoms with Gasteiger partial charge in [0.1, 0.15) is 11.5 Å². The number of amides is 2. The van der Waals surface area contributed by atoms with Crippen molar-refractivity contribution in [1.82, 2.24) is 14.2 Å². The summed E-state index contributed by atoms with van der Waals surface area (Å²) < 4.78 is 46.3. The minimum atomic E-state index is -4.01. The number of pyridine rings is 1. The number of morpholine rings is 1. The van der Waals surface area contributed by atoms with E-state index in [9.17, 15) is 22.4 Å². The fourth-order valence-electron chi connectivity index (χ4n) is 3.25. The van der Waals surface area contributed by atoms with Crippen LogP contribution in [0.1, 0.15) is 26.4 Å². The molecule has 2 aromatic rings. The van der Waals surface area contributed by atoms with Crippen molar-refractivity contribution in [2.24, 2.45) is 0 Å². The van der Waals surface area contributed by atoms with Crippen LogP contribution >= 0.6 is 0 Å². The summed E-state index contributed by atoms with van der Waals surface area (Å²) >= 11 is 0. The van der Waals surface area contributed by atoms with Gasteiger partial charge in [-0.05, 0) is 29.8 Å². The number of nitrogens with zero attached hydrogens (tertiary/aromatic N) is 3. The first-order chi connectivity index (χ1) is 13.4. The molecule has 0 bridgehead atoms. The Bertz CT molecular complexity index is 1030. The molecule has 0 saturated carbocycles. The van der Waals surface area contributed by atoms with Gasteiger partial charge >= 0.3 is 0 Å². The van der Waals surface area contributed by atoms with E-state index in [1.54, 1.807) is 6.07 Å². The first-order valence-corrected chi connectivity index (χ1v) is 10.0. The predicted octanol–water partition coefficient (Wildman–Crippen LogP) is 1.04. The zero-order valence-electron chi connectivity index (χ0n) is 14.7. The summed E-state index contributed by atoms with van der Waals surface area (Å²) in [5, 5.41) is 0. The normalized spacial score (nSPS) is 17.8. The Morgan fingerprint density at radius 2 is 1.86 bits per heavy atom. The van der Waals surface area contributed by atoms with Gasteiger partial charge in [0, 0.05) is 19.3 Å². The standard InChI is InChI=1S/C18H16FN3O5S/c19-13-4-3-12(15(10-13)28(25,26)21-6-8-27-9-7-21)11-22-17(23)14-2-1-5-20-16(14)18(22)24/h1-5,10H,6-9,11H2. The van der Waals surface area contributed by atoms with Gasteiger partial charge in [-0.15, -0.1) is 0 Å². The largest absolute Gasteiger partial charge is 0.379 e. The van der Waals surface area contributed by atoms with Crippen molar-refractivity contribution in [3.05, 3.63) is 59.2 Å². The SMILES string of the molecule is O=C1c2cccnc2C(=O)N1Cc1ccc(F)cc1S(=O)(=O)N1CCOCC1. The number of benzene rings is 1. The van der Waals surface area contributed by atoms with Crippen molar-refractivity contribution in [1.29, 1.82) is 0 Å². The summed E-state index contributed by atoms with van der Waals surface area (Å²) in [7, 11) is -4.01. The number of ether oxygens (including phenoxy) is 1. The first kappa shape index (κ1) is 18.7. The number of imide groups is 1. The Labute approximate surface area is 160 Å². The molecular weight excluding hydrogens is 389 g/mol. The number of carbonyl (C=O) groups is 2. The quantitative estimate of drug-likeness (QED) is 0.705. The second-order valence-corrected chi connectivity index (χ2v) is 8.27. The number of fused-ring (bicyclic) bond motifs is 1. The second-order valence-electron chi connectivity index (χ2n) is 6.36. The smallest absolute Gasteiger partial charge is 0.280 e. The minimum Gasteiger partial charge on any atom is -0.379 e. The number of halogens is 1. The molecule has 1 saturated heterocycles. The molecular formula is C18H16FN3O5S. The molecule has 0 N–H and O–H groups in total. The van der Waals surface area contributed by atoms with E-state index in [1.165, 1.54) is 22.6 Å². The van der Waals surface area contributed by atoms with Crippen molar-refractivity contribution in [2.75, 3.05) is 26.3 Å². The Morgan fingerprint density at radius 1 is 1.11 bits per heavy atom. The van der Waals surface area contributed by atoms with E-state index < -0.39 is 27.7 Å². The van der Waals surface area contributed by atoms with Crippen LogP contribution in [0.4, 0.5) is 4.39 Å². The molecule has 10 heteroatoms. The Kier molecular flexibility index (Phi) is 4.69. The fourth-order valence-corrected chi connectivity index (χ4v) is 4.89. The lowest BCUT2D eigenvalue weighted by Crippen LogP contribution is -2.41. The molecule has 2 aliphatic rings. The highest BCUT2D eigenvalue weighted by Gasteiger charge is 2.38. The van der Waals surface area contributed by atoms with E-state index in [4.69, 9.17) is 4.74 Å². The summed E-state index contributed by atoms with van der Waals surface area (Å²) in [5.74, 6) is -1.90. The topological polar surface area (TPSA) is 96.9 Å². The van der Waals surface area contributed by atoms with E-state index in [0.717, 1.165) is 17.0 Å². The third kappa shape index (κ3) is 3.09. The maximum absolute atomic E-state index is 13.9.